The molecule has 0 saturated heterocycles. The van der Waals surface area contributed by atoms with Crippen LogP contribution in [-0.4, -0.2) is 18.8 Å². The van der Waals surface area contributed by atoms with Crippen LogP contribution in [0.5, 0.6) is 5.75 Å². The van der Waals surface area contributed by atoms with Gasteiger partial charge in [-0.2, -0.15) is 0 Å². The second-order valence-electron chi connectivity index (χ2n) is 2.92. The number of benzene rings is 1. The summed E-state index contributed by atoms with van der Waals surface area (Å²) in [4.78, 5) is 3.73. The van der Waals surface area contributed by atoms with Gasteiger partial charge in [-0.1, -0.05) is 6.07 Å². The van der Waals surface area contributed by atoms with Crippen molar-refractivity contribution >= 4 is 11.7 Å². The van der Waals surface area contributed by atoms with E-state index in [4.69, 9.17) is 15.9 Å². The minimum atomic E-state index is -0.523. The molecule has 0 radical (unpaired) electrons. The van der Waals surface area contributed by atoms with Crippen molar-refractivity contribution in [3.8, 4) is 5.75 Å². The monoisotopic (exact) mass is 209 g/mol. The Hall–Kier alpha value is -1.91. The Kier molecular flexibility index (Phi) is 3.38. The number of nitrogens with one attached hydrogen (secondary N) is 1. The molecule has 0 heterocycles. The van der Waals surface area contributed by atoms with Crippen LogP contribution in [0.1, 0.15) is 12.5 Å². The summed E-state index contributed by atoms with van der Waals surface area (Å²) in [7, 11) is 1.34. The second-order valence-corrected chi connectivity index (χ2v) is 2.92. The van der Waals surface area contributed by atoms with Crippen LogP contribution >= 0.6 is 0 Å². The fourth-order valence-electron chi connectivity index (χ4n) is 1.14. The maximum atomic E-state index is 13.2. The number of halogens is 1. The molecule has 0 spiro atoms. The number of rotatable bonds is 2. The molecule has 0 amide bonds. The van der Waals surface area contributed by atoms with E-state index in [2.05, 4.69) is 4.99 Å². The minimum absolute atomic E-state index is 0.00694. The summed E-state index contributed by atoms with van der Waals surface area (Å²) in [5.74, 6) is -0.394. The van der Waals surface area contributed by atoms with Crippen molar-refractivity contribution in [1.29, 1.82) is 5.41 Å². The molecular formula is C10H12FN3O. The Bertz CT molecular complexity index is 411. The molecule has 5 heteroatoms. The van der Waals surface area contributed by atoms with Crippen LogP contribution in [0.2, 0.25) is 0 Å². The normalized spacial score (nSPS) is 11.3. The molecule has 3 N–H and O–H groups in total. The molecule has 0 aliphatic heterocycles. The summed E-state index contributed by atoms with van der Waals surface area (Å²) in [5, 5.41) is 7.59. The highest BCUT2D eigenvalue weighted by atomic mass is 19.1. The number of nitrogens with zero attached hydrogens (tertiary/aromatic N) is 1. The van der Waals surface area contributed by atoms with Crippen LogP contribution in [0, 0.1) is 11.2 Å². The summed E-state index contributed by atoms with van der Waals surface area (Å²) in [5.41, 5.74) is 5.61. The van der Waals surface area contributed by atoms with Crippen molar-refractivity contribution in [2.24, 2.45) is 10.7 Å². The van der Waals surface area contributed by atoms with Crippen molar-refractivity contribution in [1.82, 2.24) is 0 Å². The summed E-state index contributed by atoms with van der Waals surface area (Å²) >= 11 is 0. The number of hydrogen-bond acceptors (Lipinski definition) is 2. The lowest BCUT2D eigenvalue weighted by molar-refractivity contribution is 0.385. The van der Waals surface area contributed by atoms with Gasteiger partial charge in [0.1, 0.15) is 0 Å². The van der Waals surface area contributed by atoms with Crippen LogP contribution in [0.3, 0.4) is 0 Å². The number of methoxy groups -OCH3 is 1. The van der Waals surface area contributed by atoms with Crippen molar-refractivity contribution in [3.63, 3.8) is 0 Å². The molecular weight excluding hydrogens is 197 g/mol. The summed E-state index contributed by atoms with van der Waals surface area (Å²) < 4.78 is 18.1. The van der Waals surface area contributed by atoms with Gasteiger partial charge in [0.25, 0.3) is 0 Å². The van der Waals surface area contributed by atoms with Gasteiger partial charge >= 0.3 is 0 Å². The summed E-state index contributed by atoms with van der Waals surface area (Å²) in [6.45, 7) is 1.56. The lowest BCUT2D eigenvalue weighted by Crippen LogP contribution is -2.10. The zero-order valence-corrected chi connectivity index (χ0v) is 8.54. The molecule has 0 aliphatic carbocycles. The van der Waals surface area contributed by atoms with Gasteiger partial charge < -0.3 is 10.5 Å². The first-order valence-electron chi connectivity index (χ1n) is 4.28. The first kappa shape index (κ1) is 11.2. The molecule has 1 aromatic rings. The van der Waals surface area contributed by atoms with E-state index in [0.717, 1.165) is 0 Å². The van der Waals surface area contributed by atoms with E-state index in [1.807, 2.05) is 0 Å². The van der Waals surface area contributed by atoms with Gasteiger partial charge in [-0.25, -0.2) is 9.38 Å². The highest BCUT2D eigenvalue weighted by molar-refractivity contribution is 6.05. The lowest BCUT2D eigenvalue weighted by atomic mass is 10.2. The van der Waals surface area contributed by atoms with E-state index in [1.54, 1.807) is 13.0 Å². The summed E-state index contributed by atoms with van der Waals surface area (Å²) in [6.07, 6.45) is 0. The molecule has 0 aromatic heterocycles. The van der Waals surface area contributed by atoms with Gasteiger partial charge in [-0.15, -0.1) is 0 Å². The molecule has 4 nitrogen and oxygen atoms in total. The number of para-hydroxylation sites is 1. The van der Waals surface area contributed by atoms with Crippen molar-refractivity contribution in [2.45, 2.75) is 6.92 Å². The standard InChI is InChI=1S/C10H12FN3O/c1-6(12)14-10(13)7-4-3-5-8(11)9(7)15-2/h3-5H,1-2H3,(H3,12,13,14). The summed E-state index contributed by atoms with van der Waals surface area (Å²) in [6, 6.07) is 4.30. The molecule has 0 unspecified atom stereocenters. The number of nitrogens with two attached hydrogens (primary N) is 1. The topological polar surface area (TPSA) is 71.5 Å². The van der Waals surface area contributed by atoms with Gasteiger partial charge in [-0.3, -0.25) is 5.41 Å². The molecule has 80 valence electrons. The third-order valence-corrected chi connectivity index (χ3v) is 1.71. The molecule has 1 rings (SSSR count). The number of aliphatic imine (C=N–C) groups is 1. The van der Waals surface area contributed by atoms with Gasteiger partial charge in [0, 0.05) is 0 Å². The predicted octanol–water partition coefficient (Wildman–Crippen LogP) is 1.54. The molecule has 0 bridgehead atoms. The van der Waals surface area contributed by atoms with Gasteiger partial charge in [0.2, 0.25) is 0 Å². The fourth-order valence-corrected chi connectivity index (χ4v) is 1.14. The predicted molar refractivity (Wildman–Crippen MR) is 57.1 cm³/mol. The molecule has 0 atom stereocenters. The van der Waals surface area contributed by atoms with E-state index in [9.17, 15) is 4.39 Å². The SMILES string of the molecule is COc1c(F)cccc1C(=N)N=C(C)N. The highest BCUT2D eigenvalue weighted by Crippen LogP contribution is 2.22. The second kappa shape index (κ2) is 4.54. The van der Waals surface area contributed by atoms with Crippen LogP contribution < -0.4 is 10.5 Å². The first-order chi connectivity index (χ1) is 7.06. The third-order valence-electron chi connectivity index (χ3n) is 1.71. The Balaban J connectivity index is 3.20. The van der Waals surface area contributed by atoms with Crippen molar-refractivity contribution in [2.75, 3.05) is 7.11 Å². The molecule has 15 heavy (non-hydrogen) atoms. The highest BCUT2D eigenvalue weighted by Gasteiger charge is 2.12. The van der Waals surface area contributed by atoms with Crippen LogP contribution in [0.4, 0.5) is 4.39 Å². The zero-order valence-electron chi connectivity index (χ0n) is 8.54. The number of hydrogen-bond donors (Lipinski definition) is 2. The maximum absolute atomic E-state index is 13.2. The van der Waals surface area contributed by atoms with E-state index < -0.39 is 5.82 Å². The van der Waals surface area contributed by atoms with Gasteiger partial charge in [-0.05, 0) is 19.1 Å². The van der Waals surface area contributed by atoms with Crippen molar-refractivity contribution < 1.29 is 9.13 Å². The Morgan fingerprint density at radius 2 is 2.20 bits per heavy atom. The van der Waals surface area contributed by atoms with Crippen LogP contribution in [0.15, 0.2) is 23.2 Å². The molecule has 0 fully saturated rings. The molecule has 0 aliphatic rings. The molecule has 1 aromatic carbocycles. The lowest BCUT2D eigenvalue weighted by Gasteiger charge is -2.07. The number of amidine groups is 2. The van der Waals surface area contributed by atoms with Crippen LogP contribution in [0.25, 0.3) is 0 Å². The average molecular weight is 209 g/mol. The van der Waals surface area contributed by atoms with Gasteiger partial charge in [0.15, 0.2) is 17.4 Å². The van der Waals surface area contributed by atoms with Crippen molar-refractivity contribution in [3.05, 3.63) is 29.6 Å². The smallest absolute Gasteiger partial charge is 0.165 e. The maximum Gasteiger partial charge on any atom is 0.165 e. The third kappa shape index (κ3) is 2.52. The fraction of sp³-hybridized carbons (Fsp3) is 0.200. The minimum Gasteiger partial charge on any atom is -0.493 e. The molecule has 0 saturated carbocycles. The average Bonchev–Trinajstić information content (AvgIpc) is 2.16. The first-order valence-corrected chi connectivity index (χ1v) is 4.28. The van der Waals surface area contributed by atoms with E-state index in [1.165, 1.54) is 19.2 Å². The largest absolute Gasteiger partial charge is 0.493 e. The van der Waals surface area contributed by atoms with Crippen LogP contribution in [-0.2, 0) is 0 Å². The quantitative estimate of drug-likeness (QED) is 0.572. The van der Waals surface area contributed by atoms with Gasteiger partial charge in [0.05, 0.1) is 18.5 Å². The zero-order chi connectivity index (χ0) is 11.4. The van der Waals surface area contributed by atoms with E-state index >= 15 is 0 Å². The van der Waals surface area contributed by atoms with E-state index in [-0.39, 0.29) is 23.0 Å². The van der Waals surface area contributed by atoms with E-state index in [0.29, 0.717) is 0 Å². The Morgan fingerprint density at radius 1 is 1.53 bits per heavy atom. The number of ether oxygens (including phenoxy) is 1. The Morgan fingerprint density at radius 3 is 2.73 bits per heavy atom. The Labute approximate surface area is 87.1 Å².